The molecule has 0 saturated heterocycles. The van der Waals surface area contributed by atoms with E-state index in [0.717, 1.165) is 23.2 Å². The third-order valence-corrected chi connectivity index (χ3v) is 5.00. The maximum atomic E-state index is 11.5. The molecule has 1 aliphatic rings. The van der Waals surface area contributed by atoms with Crippen molar-refractivity contribution in [3.8, 4) is 11.6 Å². The van der Waals surface area contributed by atoms with Crippen LogP contribution in [0.1, 0.15) is 12.0 Å². The number of methoxy groups -OCH3 is 1. The van der Waals surface area contributed by atoms with Crippen molar-refractivity contribution in [1.29, 1.82) is 0 Å². The van der Waals surface area contributed by atoms with Crippen LogP contribution in [0.5, 0.6) is 11.6 Å². The molecule has 2 N–H and O–H groups in total. The summed E-state index contributed by atoms with van der Waals surface area (Å²) in [5, 5.41) is 10.2. The monoisotopic (exact) mass is 462 g/mol. The standard InChI is InChI=1S/C24H26N6O4/c1-3-22(31)27-18-4-6-20(7-5-18)34-23-21(17-8-11-33-12-9-17)15-25-24(29-23)28-19-14-26-30(16-19)10-13-32-2/h3-8,14-16H,1,9-13H2,2H3,(H,27,31)(H,25,28,29). The summed E-state index contributed by atoms with van der Waals surface area (Å²) in [6.07, 6.45) is 9.27. The zero-order valence-electron chi connectivity index (χ0n) is 18.9. The predicted octanol–water partition coefficient (Wildman–Crippen LogP) is 3.78. The highest BCUT2D eigenvalue weighted by atomic mass is 16.5. The minimum atomic E-state index is -0.278. The SMILES string of the molecule is C=CC(=O)Nc1ccc(Oc2nc(Nc3cnn(CCOC)c3)ncc2C2=CCOCC2)cc1. The van der Waals surface area contributed by atoms with E-state index in [1.807, 2.05) is 12.3 Å². The molecule has 0 bridgehead atoms. The molecule has 1 aromatic carbocycles. The van der Waals surface area contributed by atoms with Crippen LogP contribution in [0, 0.1) is 0 Å². The second-order valence-electron chi connectivity index (χ2n) is 7.40. The molecule has 176 valence electrons. The molecule has 4 rings (SSSR count). The highest BCUT2D eigenvalue weighted by Gasteiger charge is 2.16. The summed E-state index contributed by atoms with van der Waals surface area (Å²) < 4.78 is 18.4. The lowest BCUT2D eigenvalue weighted by Crippen LogP contribution is -2.08. The molecule has 0 fully saturated rings. The largest absolute Gasteiger partial charge is 0.438 e. The van der Waals surface area contributed by atoms with Crippen molar-refractivity contribution < 1.29 is 19.0 Å². The molecular weight excluding hydrogens is 436 g/mol. The minimum Gasteiger partial charge on any atom is -0.438 e. The molecule has 34 heavy (non-hydrogen) atoms. The van der Waals surface area contributed by atoms with Crippen molar-refractivity contribution in [1.82, 2.24) is 19.7 Å². The maximum absolute atomic E-state index is 11.5. The fourth-order valence-corrected chi connectivity index (χ4v) is 3.27. The van der Waals surface area contributed by atoms with Crippen molar-refractivity contribution in [3.63, 3.8) is 0 Å². The van der Waals surface area contributed by atoms with Crippen molar-refractivity contribution in [3.05, 3.63) is 67.2 Å². The Hall–Kier alpha value is -4.02. The number of amides is 1. The van der Waals surface area contributed by atoms with Gasteiger partial charge in [0.15, 0.2) is 0 Å². The van der Waals surface area contributed by atoms with Crippen LogP contribution in [0.4, 0.5) is 17.3 Å². The van der Waals surface area contributed by atoms with Gasteiger partial charge in [0.25, 0.3) is 0 Å². The Balaban J connectivity index is 1.56. The Morgan fingerprint density at radius 3 is 2.85 bits per heavy atom. The van der Waals surface area contributed by atoms with Crippen LogP contribution >= 0.6 is 0 Å². The molecule has 10 nitrogen and oxygen atoms in total. The number of aromatic nitrogens is 4. The van der Waals surface area contributed by atoms with Gasteiger partial charge in [0, 0.05) is 25.2 Å². The first kappa shape index (κ1) is 23.1. The first-order valence-electron chi connectivity index (χ1n) is 10.8. The molecule has 3 heterocycles. The van der Waals surface area contributed by atoms with Crippen LogP contribution in [0.15, 0.2) is 61.6 Å². The Morgan fingerprint density at radius 1 is 1.26 bits per heavy atom. The quantitative estimate of drug-likeness (QED) is 0.438. The molecule has 10 heteroatoms. The number of anilines is 3. The van der Waals surface area contributed by atoms with Gasteiger partial charge in [0.05, 0.1) is 43.8 Å². The molecule has 1 amide bonds. The van der Waals surface area contributed by atoms with E-state index in [4.69, 9.17) is 14.2 Å². The highest BCUT2D eigenvalue weighted by molar-refractivity contribution is 5.98. The number of carbonyl (C=O) groups excluding carboxylic acids is 1. The van der Waals surface area contributed by atoms with Crippen LogP contribution in [0.3, 0.4) is 0 Å². The van der Waals surface area contributed by atoms with Crippen LogP contribution in [0.2, 0.25) is 0 Å². The van der Waals surface area contributed by atoms with Gasteiger partial charge in [-0.25, -0.2) is 4.98 Å². The first-order chi connectivity index (χ1) is 16.6. The lowest BCUT2D eigenvalue weighted by molar-refractivity contribution is -0.111. The van der Waals surface area contributed by atoms with Crippen LogP contribution in [0.25, 0.3) is 5.57 Å². The van der Waals surface area contributed by atoms with Crippen LogP contribution in [-0.4, -0.2) is 52.6 Å². The molecule has 0 spiro atoms. The molecule has 3 aromatic rings. The van der Waals surface area contributed by atoms with E-state index in [1.54, 1.807) is 48.5 Å². The number of nitrogens with zero attached hydrogens (tertiary/aromatic N) is 4. The van der Waals surface area contributed by atoms with Gasteiger partial charge in [-0.15, -0.1) is 0 Å². The van der Waals surface area contributed by atoms with Crippen LogP contribution < -0.4 is 15.4 Å². The number of hydrogen-bond acceptors (Lipinski definition) is 8. The van der Waals surface area contributed by atoms with Gasteiger partial charge in [-0.05, 0) is 42.3 Å². The van der Waals surface area contributed by atoms with Gasteiger partial charge in [-0.1, -0.05) is 12.7 Å². The Labute approximate surface area is 197 Å². The summed E-state index contributed by atoms with van der Waals surface area (Å²) in [6, 6.07) is 7.02. The van der Waals surface area contributed by atoms with E-state index in [1.165, 1.54) is 6.08 Å². The van der Waals surface area contributed by atoms with Gasteiger partial charge in [-0.2, -0.15) is 10.1 Å². The van der Waals surface area contributed by atoms with Gasteiger partial charge in [-0.3, -0.25) is 9.48 Å². The first-order valence-corrected chi connectivity index (χ1v) is 10.8. The predicted molar refractivity (Wildman–Crippen MR) is 128 cm³/mol. The normalized spacial score (nSPS) is 13.1. The van der Waals surface area contributed by atoms with E-state index in [9.17, 15) is 4.79 Å². The Morgan fingerprint density at radius 2 is 2.12 bits per heavy atom. The van der Waals surface area contributed by atoms with Gasteiger partial charge < -0.3 is 24.8 Å². The number of hydrogen-bond donors (Lipinski definition) is 2. The number of benzene rings is 1. The zero-order valence-corrected chi connectivity index (χ0v) is 18.9. The van der Waals surface area contributed by atoms with Crippen molar-refractivity contribution >= 4 is 28.8 Å². The molecular formula is C24H26N6O4. The summed E-state index contributed by atoms with van der Waals surface area (Å²) in [7, 11) is 1.65. The number of nitrogens with one attached hydrogen (secondary N) is 2. The Kier molecular flexibility index (Phi) is 7.63. The fourth-order valence-electron chi connectivity index (χ4n) is 3.27. The minimum absolute atomic E-state index is 0.278. The van der Waals surface area contributed by atoms with E-state index < -0.39 is 0 Å². The number of carbonyl (C=O) groups is 1. The highest BCUT2D eigenvalue weighted by Crippen LogP contribution is 2.32. The van der Waals surface area contributed by atoms with Crippen molar-refractivity contribution in [2.24, 2.45) is 0 Å². The topological polar surface area (TPSA) is 112 Å². The third kappa shape index (κ3) is 6.06. The third-order valence-electron chi connectivity index (χ3n) is 5.00. The smallest absolute Gasteiger partial charge is 0.247 e. The van der Waals surface area contributed by atoms with Gasteiger partial charge in [0.2, 0.25) is 17.7 Å². The molecule has 0 atom stereocenters. The van der Waals surface area contributed by atoms with E-state index >= 15 is 0 Å². The molecule has 2 aromatic heterocycles. The zero-order chi connectivity index (χ0) is 23.8. The summed E-state index contributed by atoms with van der Waals surface area (Å²) in [5.41, 5.74) is 3.26. The summed E-state index contributed by atoms with van der Waals surface area (Å²) in [5.74, 6) is 1.09. The summed E-state index contributed by atoms with van der Waals surface area (Å²) in [4.78, 5) is 20.6. The second kappa shape index (κ2) is 11.2. The number of rotatable bonds is 10. The fraction of sp³-hybridized carbons (Fsp3) is 0.250. The van der Waals surface area contributed by atoms with E-state index in [0.29, 0.717) is 49.6 Å². The van der Waals surface area contributed by atoms with E-state index in [-0.39, 0.29) is 5.91 Å². The lowest BCUT2D eigenvalue weighted by atomic mass is 10.0. The average Bonchev–Trinajstić information content (AvgIpc) is 3.31. The van der Waals surface area contributed by atoms with Gasteiger partial charge in [0.1, 0.15) is 5.75 Å². The van der Waals surface area contributed by atoms with Gasteiger partial charge >= 0.3 is 0 Å². The van der Waals surface area contributed by atoms with E-state index in [2.05, 4.69) is 32.3 Å². The average molecular weight is 463 g/mol. The molecule has 1 aliphatic heterocycles. The molecule has 0 radical (unpaired) electrons. The Bertz CT molecular complexity index is 1170. The number of ether oxygens (including phenoxy) is 3. The molecule has 0 aliphatic carbocycles. The van der Waals surface area contributed by atoms with Crippen molar-refractivity contribution in [2.75, 3.05) is 37.6 Å². The van der Waals surface area contributed by atoms with Crippen LogP contribution in [-0.2, 0) is 20.8 Å². The lowest BCUT2D eigenvalue weighted by Gasteiger charge is -2.17. The van der Waals surface area contributed by atoms with Crippen molar-refractivity contribution in [2.45, 2.75) is 13.0 Å². The summed E-state index contributed by atoms with van der Waals surface area (Å²) in [6.45, 7) is 5.83. The summed E-state index contributed by atoms with van der Waals surface area (Å²) >= 11 is 0. The molecule has 0 saturated carbocycles. The molecule has 0 unspecified atom stereocenters. The maximum Gasteiger partial charge on any atom is 0.247 e. The second-order valence-corrected chi connectivity index (χ2v) is 7.40.